The van der Waals surface area contributed by atoms with Crippen LogP contribution in [0.4, 0.5) is 0 Å². The molecule has 4 heteroatoms. The van der Waals surface area contributed by atoms with E-state index in [2.05, 4.69) is 81.4 Å². The Kier molecular flexibility index (Phi) is 5.85. The number of rotatable bonds is 5. The molecule has 0 saturated heterocycles. The van der Waals surface area contributed by atoms with Crippen LogP contribution in [0.25, 0.3) is 0 Å². The van der Waals surface area contributed by atoms with Crippen LogP contribution in [0.3, 0.4) is 0 Å². The van der Waals surface area contributed by atoms with Gasteiger partial charge < -0.3 is 10.1 Å². The number of methoxy groups -OCH3 is 1. The van der Waals surface area contributed by atoms with Crippen molar-refractivity contribution < 1.29 is 4.74 Å². The molecule has 112 valence electrons. The molecule has 0 spiro atoms. The standard InChI is InChI=1S/C17H19Br2NO/c1-11-5-4-6-13(7-11)12(2)20-10-14-8-15(18)9-16(19)17(14)21-3/h4-9,12,20H,10H2,1-3H3/t12-/m0/s1. The van der Waals surface area contributed by atoms with Gasteiger partial charge in [-0.15, -0.1) is 0 Å². The molecule has 1 atom stereocenters. The molecule has 0 unspecified atom stereocenters. The lowest BCUT2D eigenvalue weighted by atomic mass is 10.1. The van der Waals surface area contributed by atoms with Gasteiger partial charge in [0.2, 0.25) is 0 Å². The summed E-state index contributed by atoms with van der Waals surface area (Å²) >= 11 is 7.06. The second-order valence-electron chi connectivity index (χ2n) is 5.10. The third-order valence-corrected chi connectivity index (χ3v) is 4.48. The van der Waals surface area contributed by atoms with Crippen LogP contribution >= 0.6 is 31.9 Å². The summed E-state index contributed by atoms with van der Waals surface area (Å²) in [5, 5.41) is 3.55. The number of hydrogen-bond donors (Lipinski definition) is 1. The lowest BCUT2D eigenvalue weighted by Crippen LogP contribution is -2.18. The van der Waals surface area contributed by atoms with Gasteiger partial charge in [0.1, 0.15) is 5.75 Å². The Bertz CT molecular complexity index is 628. The first-order valence-corrected chi connectivity index (χ1v) is 8.41. The Morgan fingerprint density at radius 3 is 2.62 bits per heavy atom. The zero-order valence-electron chi connectivity index (χ0n) is 12.4. The van der Waals surface area contributed by atoms with Crippen molar-refractivity contribution in [1.82, 2.24) is 5.32 Å². The molecule has 0 radical (unpaired) electrons. The van der Waals surface area contributed by atoms with Crippen molar-refractivity contribution >= 4 is 31.9 Å². The number of nitrogens with one attached hydrogen (secondary N) is 1. The van der Waals surface area contributed by atoms with E-state index in [4.69, 9.17) is 4.74 Å². The first-order valence-electron chi connectivity index (χ1n) is 6.83. The Morgan fingerprint density at radius 2 is 1.95 bits per heavy atom. The topological polar surface area (TPSA) is 21.3 Å². The van der Waals surface area contributed by atoms with E-state index in [1.165, 1.54) is 11.1 Å². The molecule has 0 saturated carbocycles. The van der Waals surface area contributed by atoms with E-state index >= 15 is 0 Å². The fourth-order valence-electron chi connectivity index (χ4n) is 2.29. The summed E-state index contributed by atoms with van der Waals surface area (Å²) in [6.45, 7) is 5.04. The zero-order chi connectivity index (χ0) is 15.4. The number of aryl methyl sites for hydroxylation is 1. The van der Waals surface area contributed by atoms with Crippen molar-refractivity contribution in [3.05, 3.63) is 62.0 Å². The maximum absolute atomic E-state index is 5.48. The van der Waals surface area contributed by atoms with Gasteiger partial charge >= 0.3 is 0 Å². The Morgan fingerprint density at radius 1 is 1.19 bits per heavy atom. The molecule has 0 aromatic heterocycles. The second kappa shape index (κ2) is 7.43. The van der Waals surface area contributed by atoms with Gasteiger partial charge in [0.15, 0.2) is 0 Å². The van der Waals surface area contributed by atoms with Crippen LogP contribution in [-0.4, -0.2) is 7.11 Å². The molecule has 1 N–H and O–H groups in total. The summed E-state index contributed by atoms with van der Waals surface area (Å²) in [5.41, 5.74) is 3.70. The van der Waals surface area contributed by atoms with Crippen LogP contribution in [0.2, 0.25) is 0 Å². The summed E-state index contributed by atoms with van der Waals surface area (Å²) in [6, 6.07) is 12.9. The molecule has 0 aliphatic rings. The average molecular weight is 413 g/mol. The maximum Gasteiger partial charge on any atom is 0.137 e. The Balaban J connectivity index is 2.13. The van der Waals surface area contributed by atoms with E-state index in [1.807, 2.05) is 6.07 Å². The molecule has 0 aliphatic carbocycles. The second-order valence-corrected chi connectivity index (χ2v) is 6.87. The molecule has 2 nitrogen and oxygen atoms in total. The normalized spacial score (nSPS) is 12.2. The van der Waals surface area contributed by atoms with E-state index in [1.54, 1.807) is 7.11 Å². The highest BCUT2D eigenvalue weighted by atomic mass is 79.9. The van der Waals surface area contributed by atoms with E-state index in [-0.39, 0.29) is 6.04 Å². The van der Waals surface area contributed by atoms with Gasteiger partial charge in [-0.3, -0.25) is 0 Å². The lowest BCUT2D eigenvalue weighted by Gasteiger charge is -2.17. The Labute approximate surface area is 143 Å². The lowest BCUT2D eigenvalue weighted by molar-refractivity contribution is 0.403. The first-order chi connectivity index (χ1) is 10.0. The van der Waals surface area contributed by atoms with Gasteiger partial charge in [-0.1, -0.05) is 45.8 Å². The highest BCUT2D eigenvalue weighted by Crippen LogP contribution is 2.33. The number of hydrogen-bond acceptors (Lipinski definition) is 2. The molecule has 0 aliphatic heterocycles. The molecule has 0 amide bonds. The third-order valence-electron chi connectivity index (χ3n) is 3.43. The van der Waals surface area contributed by atoms with Crippen LogP contribution in [0.15, 0.2) is 45.3 Å². The first kappa shape index (κ1) is 16.5. The predicted molar refractivity (Wildman–Crippen MR) is 94.8 cm³/mol. The van der Waals surface area contributed by atoms with E-state index in [0.717, 1.165) is 26.8 Å². The van der Waals surface area contributed by atoms with Crippen molar-refractivity contribution in [3.63, 3.8) is 0 Å². The number of halogens is 2. The minimum absolute atomic E-state index is 0.285. The number of benzene rings is 2. The summed E-state index contributed by atoms with van der Waals surface area (Å²) in [5.74, 6) is 0.877. The van der Waals surface area contributed by atoms with Crippen molar-refractivity contribution in [2.45, 2.75) is 26.4 Å². The molecular formula is C17H19Br2NO. The van der Waals surface area contributed by atoms with Gasteiger partial charge in [0, 0.05) is 22.6 Å². The van der Waals surface area contributed by atoms with Gasteiger partial charge in [0.05, 0.1) is 11.6 Å². The summed E-state index contributed by atoms with van der Waals surface area (Å²) in [6.07, 6.45) is 0. The summed E-state index contributed by atoms with van der Waals surface area (Å²) in [4.78, 5) is 0. The molecule has 0 bridgehead atoms. The third kappa shape index (κ3) is 4.31. The van der Waals surface area contributed by atoms with E-state index in [9.17, 15) is 0 Å². The molecule has 2 aromatic carbocycles. The monoisotopic (exact) mass is 411 g/mol. The van der Waals surface area contributed by atoms with Crippen molar-refractivity contribution in [2.75, 3.05) is 7.11 Å². The highest BCUT2D eigenvalue weighted by molar-refractivity contribution is 9.11. The van der Waals surface area contributed by atoms with E-state index in [0.29, 0.717) is 0 Å². The molecule has 2 rings (SSSR count). The fourth-order valence-corrected chi connectivity index (χ4v) is 3.77. The van der Waals surface area contributed by atoms with Crippen molar-refractivity contribution in [2.24, 2.45) is 0 Å². The maximum atomic E-state index is 5.48. The van der Waals surface area contributed by atoms with Gasteiger partial charge in [-0.2, -0.15) is 0 Å². The number of ether oxygens (including phenoxy) is 1. The fraction of sp³-hybridized carbons (Fsp3) is 0.294. The molecule has 0 heterocycles. The zero-order valence-corrected chi connectivity index (χ0v) is 15.6. The quantitative estimate of drug-likeness (QED) is 0.711. The minimum Gasteiger partial charge on any atom is -0.495 e. The van der Waals surface area contributed by atoms with Gasteiger partial charge in [0.25, 0.3) is 0 Å². The molecule has 2 aromatic rings. The molecule has 21 heavy (non-hydrogen) atoms. The highest BCUT2D eigenvalue weighted by Gasteiger charge is 2.11. The summed E-state index contributed by atoms with van der Waals surface area (Å²) < 4.78 is 7.48. The van der Waals surface area contributed by atoms with Crippen LogP contribution in [-0.2, 0) is 6.54 Å². The van der Waals surface area contributed by atoms with Crippen LogP contribution in [0.5, 0.6) is 5.75 Å². The average Bonchev–Trinajstić information content (AvgIpc) is 2.44. The summed E-state index contributed by atoms with van der Waals surface area (Å²) in [7, 11) is 1.70. The van der Waals surface area contributed by atoms with Gasteiger partial charge in [-0.25, -0.2) is 0 Å². The molecule has 0 fully saturated rings. The van der Waals surface area contributed by atoms with Gasteiger partial charge in [-0.05, 0) is 47.5 Å². The minimum atomic E-state index is 0.285. The van der Waals surface area contributed by atoms with Crippen LogP contribution in [0, 0.1) is 6.92 Å². The predicted octanol–water partition coefficient (Wildman–Crippen LogP) is 5.38. The smallest absolute Gasteiger partial charge is 0.137 e. The van der Waals surface area contributed by atoms with Crippen molar-refractivity contribution in [1.29, 1.82) is 0 Å². The Hall–Kier alpha value is -0.840. The largest absolute Gasteiger partial charge is 0.495 e. The van der Waals surface area contributed by atoms with Crippen molar-refractivity contribution in [3.8, 4) is 5.75 Å². The molecular weight excluding hydrogens is 394 g/mol. The van der Waals surface area contributed by atoms with Crippen LogP contribution in [0.1, 0.15) is 29.7 Å². The SMILES string of the molecule is COc1c(Br)cc(Br)cc1CN[C@@H](C)c1cccc(C)c1. The van der Waals surface area contributed by atoms with E-state index < -0.39 is 0 Å². The van der Waals surface area contributed by atoms with Crippen LogP contribution < -0.4 is 10.1 Å².